The number of nitrogens with zero attached hydrogens (tertiary/aromatic N) is 1. The smallest absolute Gasteiger partial charge is 0.122 e. The highest BCUT2D eigenvalue weighted by Crippen LogP contribution is 2.19. The lowest BCUT2D eigenvalue weighted by atomic mass is 10.1. The van der Waals surface area contributed by atoms with Crippen LogP contribution in [-0.4, -0.2) is 54.6 Å². The Labute approximate surface area is 127 Å². The van der Waals surface area contributed by atoms with Crippen molar-refractivity contribution in [1.29, 1.82) is 0 Å². The topological polar surface area (TPSA) is 41.9 Å². The number of benzene rings is 1. The molecule has 3 unspecified atom stereocenters. The van der Waals surface area contributed by atoms with Gasteiger partial charge in [-0.25, -0.2) is 0 Å². The van der Waals surface area contributed by atoms with Crippen LogP contribution in [0.15, 0.2) is 18.2 Å². The zero-order valence-corrected chi connectivity index (χ0v) is 13.5. The molecule has 4 nitrogen and oxygen atoms in total. The second-order valence-corrected chi connectivity index (χ2v) is 6.18. The summed E-state index contributed by atoms with van der Waals surface area (Å²) in [4.78, 5) is 2.27. The summed E-state index contributed by atoms with van der Waals surface area (Å²) in [6.07, 6.45) is -0.257. The van der Waals surface area contributed by atoms with E-state index in [0.29, 0.717) is 19.2 Å². The predicted octanol–water partition coefficient (Wildman–Crippen LogP) is 2.15. The van der Waals surface area contributed by atoms with Crippen molar-refractivity contribution in [2.75, 3.05) is 26.3 Å². The highest BCUT2D eigenvalue weighted by Gasteiger charge is 2.25. The fourth-order valence-electron chi connectivity index (χ4n) is 2.70. The zero-order chi connectivity index (χ0) is 15.4. The van der Waals surface area contributed by atoms with Crippen LogP contribution < -0.4 is 4.74 Å². The summed E-state index contributed by atoms with van der Waals surface area (Å²) in [6.45, 7) is 10.8. The van der Waals surface area contributed by atoms with E-state index in [2.05, 4.69) is 31.7 Å². The van der Waals surface area contributed by atoms with Crippen LogP contribution in [0.4, 0.5) is 0 Å². The minimum Gasteiger partial charge on any atom is -0.491 e. The first kappa shape index (κ1) is 16.3. The lowest BCUT2D eigenvalue weighted by Gasteiger charge is -2.37. The van der Waals surface area contributed by atoms with E-state index in [9.17, 15) is 5.11 Å². The summed E-state index contributed by atoms with van der Waals surface area (Å²) in [5.74, 6) is 0.850. The van der Waals surface area contributed by atoms with Crippen LogP contribution >= 0.6 is 0 Å². The van der Waals surface area contributed by atoms with E-state index in [0.717, 1.165) is 24.5 Å². The molecule has 0 saturated carbocycles. The van der Waals surface area contributed by atoms with E-state index < -0.39 is 6.10 Å². The number of hydrogen-bond acceptors (Lipinski definition) is 4. The van der Waals surface area contributed by atoms with Gasteiger partial charge in [0.25, 0.3) is 0 Å². The number of hydrogen-bond donors (Lipinski definition) is 1. The summed E-state index contributed by atoms with van der Waals surface area (Å²) in [5.41, 5.74) is 2.33. The van der Waals surface area contributed by atoms with Crippen LogP contribution in [0.25, 0.3) is 0 Å². The van der Waals surface area contributed by atoms with Gasteiger partial charge < -0.3 is 14.6 Å². The highest BCUT2D eigenvalue weighted by molar-refractivity contribution is 5.35. The minimum absolute atomic E-state index is 0.230. The summed E-state index contributed by atoms with van der Waals surface area (Å²) >= 11 is 0. The molecular formula is C17H27NO3. The zero-order valence-electron chi connectivity index (χ0n) is 13.5. The molecule has 0 spiro atoms. The molecule has 0 bridgehead atoms. The minimum atomic E-state index is -0.488. The number of aliphatic hydroxyl groups is 1. The third kappa shape index (κ3) is 4.70. The van der Waals surface area contributed by atoms with Crippen LogP contribution in [0.1, 0.15) is 25.0 Å². The Morgan fingerprint density at radius 2 is 2.14 bits per heavy atom. The van der Waals surface area contributed by atoms with Gasteiger partial charge >= 0.3 is 0 Å². The Bertz CT molecular complexity index is 463. The maximum atomic E-state index is 10.2. The van der Waals surface area contributed by atoms with E-state index in [-0.39, 0.29) is 6.10 Å². The highest BCUT2D eigenvalue weighted by atomic mass is 16.5. The monoisotopic (exact) mass is 293 g/mol. The molecule has 1 saturated heterocycles. The third-order valence-electron chi connectivity index (χ3n) is 3.94. The van der Waals surface area contributed by atoms with Gasteiger partial charge in [-0.15, -0.1) is 0 Å². The predicted molar refractivity (Wildman–Crippen MR) is 83.9 cm³/mol. The first-order valence-corrected chi connectivity index (χ1v) is 7.69. The van der Waals surface area contributed by atoms with Crippen molar-refractivity contribution in [1.82, 2.24) is 4.90 Å². The Morgan fingerprint density at radius 1 is 1.38 bits per heavy atom. The lowest BCUT2D eigenvalue weighted by molar-refractivity contribution is -0.0650. The molecule has 1 aliphatic rings. The maximum Gasteiger partial charge on any atom is 0.122 e. The van der Waals surface area contributed by atoms with Gasteiger partial charge in [-0.05, 0) is 39.3 Å². The molecule has 1 N–H and O–H groups in total. The molecule has 3 atom stereocenters. The van der Waals surface area contributed by atoms with Gasteiger partial charge in [0.05, 0.1) is 12.7 Å². The number of morpholine rings is 1. The van der Waals surface area contributed by atoms with Gasteiger partial charge in [0.2, 0.25) is 0 Å². The summed E-state index contributed by atoms with van der Waals surface area (Å²) in [6, 6.07) is 6.43. The first-order valence-electron chi connectivity index (χ1n) is 7.69. The van der Waals surface area contributed by atoms with E-state index in [1.165, 1.54) is 5.56 Å². The molecule has 1 aromatic carbocycles. The van der Waals surface area contributed by atoms with Gasteiger partial charge in [0.1, 0.15) is 18.5 Å². The Hall–Kier alpha value is -1.10. The standard InChI is InChI=1S/C17H27NO3/c1-12-5-6-17(13(2)7-12)21-11-16(19)9-18-8-15(4)20-10-14(18)3/h5-7,14-16,19H,8-11H2,1-4H3. The molecule has 1 aromatic rings. The fourth-order valence-corrected chi connectivity index (χ4v) is 2.70. The summed E-state index contributed by atoms with van der Waals surface area (Å²) in [5, 5.41) is 10.2. The maximum absolute atomic E-state index is 10.2. The summed E-state index contributed by atoms with van der Waals surface area (Å²) < 4.78 is 11.4. The average Bonchev–Trinajstić information content (AvgIpc) is 2.42. The van der Waals surface area contributed by atoms with Crippen molar-refractivity contribution in [2.24, 2.45) is 0 Å². The number of β-amino-alcohol motifs (C(OH)–C–C–N with tert-alkyl or cyclic N) is 1. The molecule has 1 aliphatic heterocycles. The van der Waals surface area contributed by atoms with Crippen molar-refractivity contribution in [3.8, 4) is 5.75 Å². The van der Waals surface area contributed by atoms with Crippen molar-refractivity contribution in [3.05, 3.63) is 29.3 Å². The van der Waals surface area contributed by atoms with Crippen molar-refractivity contribution < 1.29 is 14.6 Å². The van der Waals surface area contributed by atoms with Crippen LogP contribution in [0.3, 0.4) is 0 Å². The second-order valence-electron chi connectivity index (χ2n) is 6.18. The van der Waals surface area contributed by atoms with E-state index in [4.69, 9.17) is 9.47 Å². The number of aryl methyl sites for hydroxylation is 2. The molecule has 2 rings (SSSR count). The Kier molecular flexibility index (Phi) is 5.62. The second kappa shape index (κ2) is 7.25. The quantitative estimate of drug-likeness (QED) is 0.903. The largest absolute Gasteiger partial charge is 0.491 e. The molecule has 118 valence electrons. The van der Waals surface area contributed by atoms with Gasteiger partial charge in [-0.1, -0.05) is 17.7 Å². The molecule has 21 heavy (non-hydrogen) atoms. The van der Waals surface area contributed by atoms with Crippen molar-refractivity contribution in [2.45, 2.75) is 45.9 Å². The normalized spacial score (nSPS) is 24.8. The van der Waals surface area contributed by atoms with Crippen LogP contribution in [0, 0.1) is 13.8 Å². The third-order valence-corrected chi connectivity index (χ3v) is 3.94. The van der Waals surface area contributed by atoms with E-state index >= 15 is 0 Å². The van der Waals surface area contributed by atoms with Gasteiger partial charge in [0.15, 0.2) is 0 Å². The van der Waals surface area contributed by atoms with Crippen molar-refractivity contribution in [3.63, 3.8) is 0 Å². The average molecular weight is 293 g/mol. The van der Waals surface area contributed by atoms with E-state index in [1.54, 1.807) is 0 Å². The van der Waals surface area contributed by atoms with Crippen LogP contribution in [0.5, 0.6) is 5.75 Å². The molecule has 0 radical (unpaired) electrons. The molecule has 1 fully saturated rings. The number of aliphatic hydroxyl groups excluding tert-OH is 1. The molecule has 0 amide bonds. The fraction of sp³-hybridized carbons (Fsp3) is 0.647. The molecule has 4 heteroatoms. The van der Waals surface area contributed by atoms with Crippen LogP contribution in [0.2, 0.25) is 0 Å². The number of ether oxygens (including phenoxy) is 2. The lowest BCUT2D eigenvalue weighted by Crippen LogP contribution is -2.50. The Balaban J connectivity index is 1.82. The van der Waals surface area contributed by atoms with Crippen molar-refractivity contribution >= 4 is 0 Å². The van der Waals surface area contributed by atoms with Gasteiger partial charge in [0, 0.05) is 19.1 Å². The van der Waals surface area contributed by atoms with E-state index in [1.807, 2.05) is 19.1 Å². The SMILES string of the molecule is Cc1ccc(OCC(O)CN2CC(C)OCC2C)c(C)c1. The van der Waals surface area contributed by atoms with Crippen LogP contribution in [-0.2, 0) is 4.74 Å². The molecular weight excluding hydrogens is 266 g/mol. The molecule has 0 aliphatic carbocycles. The van der Waals surface area contributed by atoms with Gasteiger partial charge in [-0.3, -0.25) is 4.90 Å². The molecule has 1 heterocycles. The summed E-state index contributed by atoms with van der Waals surface area (Å²) in [7, 11) is 0. The first-order chi connectivity index (χ1) is 9.95. The number of rotatable bonds is 5. The molecule has 0 aromatic heterocycles. The Morgan fingerprint density at radius 3 is 2.86 bits per heavy atom. The van der Waals surface area contributed by atoms with Gasteiger partial charge in [-0.2, -0.15) is 0 Å².